The summed E-state index contributed by atoms with van der Waals surface area (Å²) in [6.45, 7) is 10.4. The summed E-state index contributed by atoms with van der Waals surface area (Å²) in [5.41, 5.74) is 0. The molecular weight excluding hydrogens is 190 g/mol. The SMILES string of the molecule is CCCN(CCC)c1nc(C(C)C)no1. The van der Waals surface area contributed by atoms with Crippen LogP contribution in [0.5, 0.6) is 0 Å². The summed E-state index contributed by atoms with van der Waals surface area (Å²) < 4.78 is 5.26. The molecule has 0 aromatic carbocycles. The van der Waals surface area contributed by atoms with Gasteiger partial charge in [0.1, 0.15) is 0 Å². The second-order valence-corrected chi connectivity index (χ2v) is 4.08. The largest absolute Gasteiger partial charge is 0.324 e. The van der Waals surface area contributed by atoms with Crippen molar-refractivity contribution < 1.29 is 4.52 Å². The van der Waals surface area contributed by atoms with E-state index in [0.717, 1.165) is 31.8 Å². The zero-order chi connectivity index (χ0) is 11.3. The molecule has 15 heavy (non-hydrogen) atoms. The molecule has 0 unspecified atom stereocenters. The van der Waals surface area contributed by atoms with Crippen LogP contribution >= 0.6 is 0 Å². The van der Waals surface area contributed by atoms with Gasteiger partial charge in [-0.25, -0.2) is 0 Å². The van der Waals surface area contributed by atoms with Gasteiger partial charge in [-0.15, -0.1) is 0 Å². The normalized spacial score (nSPS) is 11.0. The molecule has 0 aliphatic heterocycles. The third-order valence-electron chi connectivity index (χ3n) is 2.20. The maximum Gasteiger partial charge on any atom is 0.324 e. The minimum Gasteiger partial charge on any atom is -0.324 e. The third kappa shape index (κ3) is 3.22. The minimum absolute atomic E-state index is 0.326. The predicted octanol–water partition coefficient (Wildman–Crippen LogP) is 2.82. The van der Waals surface area contributed by atoms with Gasteiger partial charge >= 0.3 is 6.01 Å². The van der Waals surface area contributed by atoms with E-state index in [9.17, 15) is 0 Å². The van der Waals surface area contributed by atoms with E-state index in [-0.39, 0.29) is 0 Å². The molecule has 0 saturated heterocycles. The van der Waals surface area contributed by atoms with Crippen LogP contribution in [0.4, 0.5) is 6.01 Å². The first-order valence-corrected chi connectivity index (χ1v) is 5.77. The number of hydrogen-bond donors (Lipinski definition) is 0. The van der Waals surface area contributed by atoms with Crippen molar-refractivity contribution in [1.82, 2.24) is 10.1 Å². The first-order chi connectivity index (χ1) is 7.19. The molecule has 0 N–H and O–H groups in total. The third-order valence-corrected chi connectivity index (χ3v) is 2.20. The van der Waals surface area contributed by atoms with Crippen LogP contribution < -0.4 is 4.90 Å². The van der Waals surface area contributed by atoms with Gasteiger partial charge in [-0.3, -0.25) is 0 Å². The average molecular weight is 211 g/mol. The molecule has 0 atom stereocenters. The predicted molar refractivity (Wildman–Crippen MR) is 61.2 cm³/mol. The Balaban J connectivity index is 2.72. The Labute approximate surface area is 91.7 Å². The molecule has 0 aliphatic carbocycles. The van der Waals surface area contributed by atoms with Gasteiger partial charge in [-0.1, -0.05) is 32.9 Å². The van der Waals surface area contributed by atoms with Gasteiger partial charge in [0.25, 0.3) is 0 Å². The van der Waals surface area contributed by atoms with Crippen LogP contribution in [0.2, 0.25) is 0 Å². The number of anilines is 1. The van der Waals surface area contributed by atoms with Crippen molar-refractivity contribution in [2.45, 2.75) is 46.5 Å². The molecule has 1 aromatic rings. The summed E-state index contributed by atoms with van der Waals surface area (Å²) in [5, 5.41) is 3.97. The van der Waals surface area contributed by atoms with Gasteiger partial charge in [-0.05, 0) is 12.8 Å². The van der Waals surface area contributed by atoms with E-state index >= 15 is 0 Å². The Morgan fingerprint density at radius 3 is 2.20 bits per heavy atom. The zero-order valence-electron chi connectivity index (χ0n) is 10.2. The number of hydrogen-bond acceptors (Lipinski definition) is 4. The first-order valence-electron chi connectivity index (χ1n) is 5.77. The van der Waals surface area contributed by atoms with E-state index in [1.165, 1.54) is 0 Å². The van der Waals surface area contributed by atoms with Crippen molar-refractivity contribution in [3.8, 4) is 0 Å². The Hall–Kier alpha value is -1.06. The van der Waals surface area contributed by atoms with Gasteiger partial charge < -0.3 is 9.42 Å². The highest BCUT2D eigenvalue weighted by Crippen LogP contribution is 2.16. The Morgan fingerprint density at radius 1 is 1.20 bits per heavy atom. The fraction of sp³-hybridized carbons (Fsp3) is 0.818. The molecule has 4 nitrogen and oxygen atoms in total. The Morgan fingerprint density at radius 2 is 1.80 bits per heavy atom. The molecule has 0 spiro atoms. The molecule has 1 aromatic heterocycles. The lowest BCUT2D eigenvalue weighted by Crippen LogP contribution is -2.25. The van der Waals surface area contributed by atoms with E-state index in [2.05, 4.69) is 42.7 Å². The summed E-state index contributed by atoms with van der Waals surface area (Å²) in [6.07, 6.45) is 2.19. The molecule has 0 aliphatic rings. The van der Waals surface area contributed by atoms with E-state index in [4.69, 9.17) is 4.52 Å². The maximum atomic E-state index is 5.26. The topological polar surface area (TPSA) is 42.2 Å². The van der Waals surface area contributed by atoms with Gasteiger partial charge in [0, 0.05) is 19.0 Å². The van der Waals surface area contributed by atoms with Crippen LogP contribution in [-0.4, -0.2) is 23.2 Å². The van der Waals surface area contributed by atoms with Crippen molar-refractivity contribution in [2.75, 3.05) is 18.0 Å². The van der Waals surface area contributed by atoms with Crippen LogP contribution in [0.3, 0.4) is 0 Å². The number of rotatable bonds is 6. The lowest BCUT2D eigenvalue weighted by molar-refractivity contribution is 0.402. The molecule has 0 radical (unpaired) electrons. The Kier molecular flexibility index (Phi) is 4.59. The molecule has 0 bridgehead atoms. The Bertz CT molecular complexity index is 277. The van der Waals surface area contributed by atoms with Crippen molar-refractivity contribution in [3.63, 3.8) is 0 Å². The highest BCUT2D eigenvalue weighted by atomic mass is 16.5. The lowest BCUT2D eigenvalue weighted by Gasteiger charge is -2.17. The summed E-state index contributed by atoms with van der Waals surface area (Å²) in [7, 11) is 0. The van der Waals surface area contributed by atoms with Gasteiger partial charge in [0.2, 0.25) is 0 Å². The molecular formula is C11H21N3O. The standard InChI is InChI=1S/C11H21N3O/c1-5-7-14(8-6-2)11-12-10(9(3)4)13-15-11/h9H,5-8H2,1-4H3. The summed E-state index contributed by atoms with van der Waals surface area (Å²) in [4.78, 5) is 6.55. The maximum absolute atomic E-state index is 5.26. The molecule has 86 valence electrons. The quantitative estimate of drug-likeness (QED) is 0.725. The highest BCUT2D eigenvalue weighted by molar-refractivity contribution is 5.24. The van der Waals surface area contributed by atoms with Crippen molar-refractivity contribution >= 4 is 6.01 Å². The van der Waals surface area contributed by atoms with Gasteiger partial charge in [0.15, 0.2) is 5.82 Å². The second-order valence-electron chi connectivity index (χ2n) is 4.08. The van der Waals surface area contributed by atoms with E-state index in [1.54, 1.807) is 0 Å². The molecule has 0 fully saturated rings. The van der Waals surface area contributed by atoms with Crippen LogP contribution in [0, 0.1) is 0 Å². The minimum atomic E-state index is 0.326. The first kappa shape index (κ1) is 12.0. The molecule has 1 heterocycles. The molecule has 1 rings (SSSR count). The van der Waals surface area contributed by atoms with Crippen molar-refractivity contribution in [3.05, 3.63) is 5.82 Å². The van der Waals surface area contributed by atoms with E-state index < -0.39 is 0 Å². The molecule has 4 heteroatoms. The van der Waals surface area contributed by atoms with Crippen molar-refractivity contribution in [2.24, 2.45) is 0 Å². The molecule has 0 amide bonds. The van der Waals surface area contributed by atoms with Crippen LogP contribution in [0.1, 0.15) is 52.3 Å². The average Bonchev–Trinajstić information content (AvgIpc) is 2.66. The van der Waals surface area contributed by atoms with E-state index in [1.807, 2.05) is 0 Å². The summed E-state index contributed by atoms with van der Waals surface area (Å²) in [5.74, 6) is 1.12. The van der Waals surface area contributed by atoms with Crippen LogP contribution in [0.15, 0.2) is 4.52 Å². The zero-order valence-corrected chi connectivity index (χ0v) is 10.2. The summed E-state index contributed by atoms with van der Waals surface area (Å²) in [6, 6.07) is 0.669. The fourth-order valence-electron chi connectivity index (χ4n) is 1.43. The smallest absolute Gasteiger partial charge is 0.324 e. The summed E-state index contributed by atoms with van der Waals surface area (Å²) >= 11 is 0. The monoisotopic (exact) mass is 211 g/mol. The number of nitrogens with zero attached hydrogens (tertiary/aromatic N) is 3. The van der Waals surface area contributed by atoms with E-state index in [0.29, 0.717) is 11.9 Å². The van der Waals surface area contributed by atoms with Gasteiger partial charge in [0.05, 0.1) is 0 Å². The van der Waals surface area contributed by atoms with Crippen LogP contribution in [-0.2, 0) is 0 Å². The second kappa shape index (κ2) is 5.73. The van der Waals surface area contributed by atoms with Crippen LogP contribution in [0.25, 0.3) is 0 Å². The lowest BCUT2D eigenvalue weighted by atomic mass is 10.2. The highest BCUT2D eigenvalue weighted by Gasteiger charge is 2.14. The van der Waals surface area contributed by atoms with Gasteiger partial charge in [-0.2, -0.15) is 4.98 Å². The van der Waals surface area contributed by atoms with Crippen molar-refractivity contribution in [1.29, 1.82) is 0 Å². The fourth-order valence-corrected chi connectivity index (χ4v) is 1.43. The number of aromatic nitrogens is 2. The molecule has 0 saturated carbocycles.